The lowest BCUT2D eigenvalue weighted by molar-refractivity contribution is 0.412. The van der Waals surface area contributed by atoms with Crippen LogP contribution in [0.15, 0.2) is 36.4 Å². The number of ether oxygens (including phenoxy) is 1. The molecule has 0 saturated carbocycles. The van der Waals surface area contributed by atoms with E-state index in [-0.39, 0.29) is 0 Å². The Labute approximate surface area is 101 Å². The van der Waals surface area contributed by atoms with E-state index in [1.165, 1.54) is 0 Å². The maximum Gasteiger partial charge on any atom is 0.129 e. The number of hydrogen-bond acceptors (Lipinski definition) is 2. The van der Waals surface area contributed by atoms with Crippen LogP contribution in [0.5, 0.6) is 11.5 Å². The van der Waals surface area contributed by atoms with Gasteiger partial charge in [0, 0.05) is 11.1 Å². The third kappa shape index (κ3) is 1.98. The molecule has 0 aliphatic heterocycles. The number of phenolic OH excluding ortho intramolecular Hbond substituents is 1. The summed E-state index contributed by atoms with van der Waals surface area (Å²) in [5, 5.41) is 10.1. The van der Waals surface area contributed by atoms with Crippen molar-refractivity contribution >= 4 is 0 Å². The van der Waals surface area contributed by atoms with Crippen LogP contribution in [0.1, 0.15) is 11.1 Å². The van der Waals surface area contributed by atoms with Gasteiger partial charge in [-0.2, -0.15) is 0 Å². The fourth-order valence-corrected chi connectivity index (χ4v) is 2.01. The molecular weight excluding hydrogens is 212 g/mol. The summed E-state index contributed by atoms with van der Waals surface area (Å²) in [5.74, 6) is 1.13. The maximum absolute atomic E-state index is 10.1. The van der Waals surface area contributed by atoms with Gasteiger partial charge < -0.3 is 9.84 Å². The van der Waals surface area contributed by atoms with Crippen molar-refractivity contribution in [3.8, 4) is 22.6 Å². The number of phenols is 1. The molecule has 0 saturated heterocycles. The molecule has 0 amide bonds. The molecule has 1 N–H and O–H groups in total. The van der Waals surface area contributed by atoms with Crippen LogP contribution in [0.25, 0.3) is 11.1 Å². The normalized spacial score (nSPS) is 10.3. The SMILES string of the molecule is COc1c(C)cccc1-c1cccc(C)c1O. The summed E-state index contributed by atoms with van der Waals surface area (Å²) in [4.78, 5) is 0. The zero-order chi connectivity index (χ0) is 12.4. The van der Waals surface area contributed by atoms with E-state index in [1.54, 1.807) is 7.11 Å². The van der Waals surface area contributed by atoms with Crippen LogP contribution in [-0.4, -0.2) is 12.2 Å². The van der Waals surface area contributed by atoms with E-state index in [0.717, 1.165) is 28.0 Å². The third-order valence-corrected chi connectivity index (χ3v) is 2.94. The molecule has 2 heteroatoms. The average molecular weight is 228 g/mol. The van der Waals surface area contributed by atoms with Crippen LogP contribution in [0, 0.1) is 13.8 Å². The first-order valence-corrected chi connectivity index (χ1v) is 5.57. The molecule has 0 aromatic heterocycles. The van der Waals surface area contributed by atoms with Crippen molar-refractivity contribution in [2.24, 2.45) is 0 Å². The second-order valence-corrected chi connectivity index (χ2v) is 4.13. The van der Waals surface area contributed by atoms with Gasteiger partial charge in [-0.15, -0.1) is 0 Å². The smallest absolute Gasteiger partial charge is 0.129 e. The lowest BCUT2D eigenvalue weighted by Crippen LogP contribution is -1.91. The Kier molecular flexibility index (Phi) is 3.05. The molecule has 0 atom stereocenters. The van der Waals surface area contributed by atoms with Crippen molar-refractivity contribution in [2.45, 2.75) is 13.8 Å². The molecule has 2 aromatic rings. The van der Waals surface area contributed by atoms with Crippen LogP contribution < -0.4 is 4.74 Å². The molecule has 2 nitrogen and oxygen atoms in total. The molecule has 0 aliphatic rings. The number of methoxy groups -OCH3 is 1. The van der Waals surface area contributed by atoms with Gasteiger partial charge >= 0.3 is 0 Å². The summed E-state index contributed by atoms with van der Waals surface area (Å²) in [6.07, 6.45) is 0. The van der Waals surface area contributed by atoms with E-state index >= 15 is 0 Å². The molecule has 0 heterocycles. The van der Waals surface area contributed by atoms with E-state index in [4.69, 9.17) is 4.74 Å². The summed E-state index contributed by atoms with van der Waals surface area (Å²) >= 11 is 0. The second-order valence-electron chi connectivity index (χ2n) is 4.13. The Morgan fingerprint density at radius 1 is 0.882 bits per heavy atom. The van der Waals surface area contributed by atoms with Crippen LogP contribution >= 0.6 is 0 Å². The van der Waals surface area contributed by atoms with E-state index in [0.29, 0.717) is 5.75 Å². The molecule has 0 radical (unpaired) electrons. The van der Waals surface area contributed by atoms with Crippen LogP contribution in [-0.2, 0) is 0 Å². The minimum atomic E-state index is 0.316. The fourth-order valence-electron chi connectivity index (χ4n) is 2.01. The second kappa shape index (κ2) is 4.50. The van der Waals surface area contributed by atoms with Gasteiger partial charge in [-0.25, -0.2) is 0 Å². The number of para-hydroxylation sites is 2. The van der Waals surface area contributed by atoms with Gasteiger partial charge in [0.1, 0.15) is 11.5 Å². The number of rotatable bonds is 2. The maximum atomic E-state index is 10.1. The van der Waals surface area contributed by atoms with Crippen molar-refractivity contribution in [1.29, 1.82) is 0 Å². The van der Waals surface area contributed by atoms with E-state index in [1.807, 2.05) is 50.2 Å². The topological polar surface area (TPSA) is 29.5 Å². The minimum Gasteiger partial charge on any atom is -0.507 e. The molecular formula is C15H16O2. The Morgan fingerprint density at radius 3 is 2.12 bits per heavy atom. The first-order chi connectivity index (χ1) is 8.15. The average Bonchev–Trinajstić information content (AvgIpc) is 2.32. The molecule has 17 heavy (non-hydrogen) atoms. The molecule has 0 aliphatic carbocycles. The van der Waals surface area contributed by atoms with Gasteiger partial charge in [0.15, 0.2) is 0 Å². The first kappa shape index (κ1) is 11.5. The van der Waals surface area contributed by atoms with E-state index < -0.39 is 0 Å². The molecule has 2 aromatic carbocycles. The lowest BCUT2D eigenvalue weighted by Gasteiger charge is -2.13. The Bertz CT molecular complexity index is 545. The van der Waals surface area contributed by atoms with Crippen LogP contribution in [0.4, 0.5) is 0 Å². The summed E-state index contributed by atoms with van der Waals surface area (Å²) in [6.45, 7) is 3.89. The monoisotopic (exact) mass is 228 g/mol. The zero-order valence-corrected chi connectivity index (χ0v) is 10.3. The minimum absolute atomic E-state index is 0.316. The molecule has 88 valence electrons. The Balaban J connectivity index is 2.68. The summed E-state index contributed by atoms with van der Waals surface area (Å²) < 4.78 is 5.41. The number of aryl methyl sites for hydroxylation is 2. The van der Waals surface area contributed by atoms with Crippen LogP contribution in [0.2, 0.25) is 0 Å². The lowest BCUT2D eigenvalue weighted by atomic mass is 9.99. The Hall–Kier alpha value is -1.96. The van der Waals surface area contributed by atoms with Gasteiger partial charge in [-0.1, -0.05) is 36.4 Å². The van der Waals surface area contributed by atoms with Crippen molar-refractivity contribution in [3.63, 3.8) is 0 Å². The molecule has 0 unspecified atom stereocenters. The zero-order valence-electron chi connectivity index (χ0n) is 10.3. The number of aromatic hydroxyl groups is 1. The number of benzene rings is 2. The van der Waals surface area contributed by atoms with E-state index in [9.17, 15) is 5.11 Å². The van der Waals surface area contributed by atoms with E-state index in [2.05, 4.69) is 0 Å². The van der Waals surface area contributed by atoms with Crippen molar-refractivity contribution in [3.05, 3.63) is 47.5 Å². The van der Waals surface area contributed by atoms with Gasteiger partial charge in [-0.05, 0) is 25.0 Å². The fraction of sp³-hybridized carbons (Fsp3) is 0.200. The quantitative estimate of drug-likeness (QED) is 0.849. The molecule has 0 bridgehead atoms. The van der Waals surface area contributed by atoms with Gasteiger partial charge in [0.05, 0.1) is 7.11 Å². The highest BCUT2D eigenvalue weighted by Gasteiger charge is 2.12. The van der Waals surface area contributed by atoms with Gasteiger partial charge in [0.2, 0.25) is 0 Å². The highest BCUT2D eigenvalue weighted by atomic mass is 16.5. The predicted molar refractivity (Wildman–Crippen MR) is 69.6 cm³/mol. The first-order valence-electron chi connectivity index (χ1n) is 5.57. The number of hydrogen-bond donors (Lipinski definition) is 1. The summed E-state index contributed by atoms with van der Waals surface area (Å²) in [5.41, 5.74) is 3.66. The van der Waals surface area contributed by atoms with Crippen LogP contribution in [0.3, 0.4) is 0 Å². The summed E-state index contributed by atoms with van der Waals surface area (Å²) in [6, 6.07) is 11.7. The molecule has 0 fully saturated rings. The highest BCUT2D eigenvalue weighted by Crippen LogP contribution is 2.38. The van der Waals surface area contributed by atoms with Gasteiger partial charge in [-0.3, -0.25) is 0 Å². The van der Waals surface area contributed by atoms with Crippen molar-refractivity contribution < 1.29 is 9.84 Å². The van der Waals surface area contributed by atoms with Gasteiger partial charge in [0.25, 0.3) is 0 Å². The standard InChI is InChI=1S/C15H16O2/c1-10-6-4-8-12(14(10)16)13-9-5-7-11(2)15(13)17-3/h4-9,16H,1-3H3. The molecule has 0 spiro atoms. The highest BCUT2D eigenvalue weighted by molar-refractivity contribution is 5.77. The predicted octanol–water partition coefficient (Wildman–Crippen LogP) is 3.68. The van der Waals surface area contributed by atoms with Crippen molar-refractivity contribution in [1.82, 2.24) is 0 Å². The molecule has 2 rings (SSSR count). The largest absolute Gasteiger partial charge is 0.507 e. The summed E-state index contributed by atoms with van der Waals surface area (Å²) in [7, 11) is 1.65. The van der Waals surface area contributed by atoms with Crippen molar-refractivity contribution in [2.75, 3.05) is 7.11 Å². The Morgan fingerprint density at radius 2 is 1.47 bits per heavy atom. The third-order valence-electron chi connectivity index (χ3n) is 2.94.